The Morgan fingerprint density at radius 3 is 2.38 bits per heavy atom. The van der Waals surface area contributed by atoms with Crippen LogP contribution in [-0.4, -0.2) is 18.0 Å². The van der Waals surface area contributed by atoms with E-state index < -0.39 is 10.9 Å². The molecule has 0 N–H and O–H groups in total. The maximum Gasteiger partial charge on any atom is 0.337 e. The third kappa shape index (κ3) is 3.83. The van der Waals surface area contributed by atoms with E-state index in [0.717, 1.165) is 9.79 Å². The minimum Gasteiger partial charge on any atom is -0.465 e. The number of rotatable bonds is 4. The lowest BCUT2D eigenvalue weighted by molar-refractivity contribution is -0.385. The molecule has 0 aromatic heterocycles. The molecule has 0 saturated heterocycles. The number of carbonyl (C=O) groups excluding carboxylic acids is 1. The summed E-state index contributed by atoms with van der Waals surface area (Å²) in [5.74, 6) is -0.397. The normalized spacial score (nSPS) is 10.2. The van der Waals surface area contributed by atoms with Gasteiger partial charge < -0.3 is 4.74 Å². The van der Waals surface area contributed by atoms with Gasteiger partial charge in [0.15, 0.2) is 0 Å². The molecule has 0 atom stereocenters. The summed E-state index contributed by atoms with van der Waals surface area (Å²) in [6, 6.07) is 11.8. The van der Waals surface area contributed by atoms with E-state index in [0.29, 0.717) is 10.0 Å². The molecule has 2 rings (SSSR count). The van der Waals surface area contributed by atoms with Gasteiger partial charge in [-0.25, -0.2) is 4.79 Å². The highest BCUT2D eigenvalue weighted by Crippen LogP contribution is 2.33. The molecule has 5 nitrogen and oxygen atoms in total. The van der Waals surface area contributed by atoms with E-state index >= 15 is 0 Å². The molecule has 0 unspecified atom stereocenters. The maximum atomic E-state index is 11.3. The maximum absolute atomic E-state index is 11.3. The number of ether oxygens (including phenoxy) is 1. The second-order valence-electron chi connectivity index (χ2n) is 3.99. The number of nitrogens with zero attached hydrogens (tertiary/aromatic N) is 1. The molecular formula is C14H10BrNO4S. The molecule has 0 saturated carbocycles. The van der Waals surface area contributed by atoms with Crippen molar-refractivity contribution in [2.24, 2.45) is 0 Å². The minimum absolute atomic E-state index is 0.0196. The van der Waals surface area contributed by atoms with Crippen molar-refractivity contribution in [1.82, 2.24) is 0 Å². The molecule has 0 fully saturated rings. The van der Waals surface area contributed by atoms with Gasteiger partial charge in [0.2, 0.25) is 0 Å². The summed E-state index contributed by atoms with van der Waals surface area (Å²) in [5.41, 5.74) is 0.481. The number of halogens is 1. The van der Waals surface area contributed by atoms with Crippen molar-refractivity contribution in [3.63, 3.8) is 0 Å². The van der Waals surface area contributed by atoms with Crippen LogP contribution >= 0.6 is 27.7 Å². The van der Waals surface area contributed by atoms with Crippen LogP contribution in [0, 0.1) is 10.1 Å². The molecular weight excluding hydrogens is 358 g/mol. The van der Waals surface area contributed by atoms with E-state index in [1.807, 2.05) is 0 Å². The van der Waals surface area contributed by atoms with Crippen LogP contribution in [0.3, 0.4) is 0 Å². The highest BCUT2D eigenvalue weighted by molar-refractivity contribution is 9.10. The van der Waals surface area contributed by atoms with Crippen molar-refractivity contribution >= 4 is 39.3 Å². The van der Waals surface area contributed by atoms with E-state index in [1.165, 1.54) is 24.9 Å². The molecule has 0 aliphatic rings. The number of carbonyl (C=O) groups is 1. The van der Waals surface area contributed by atoms with Gasteiger partial charge in [0.05, 0.1) is 22.1 Å². The lowest BCUT2D eigenvalue weighted by atomic mass is 10.2. The lowest BCUT2D eigenvalue weighted by Gasteiger charge is -2.04. The fourth-order valence-electron chi connectivity index (χ4n) is 1.61. The summed E-state index contributed by atoms with van der Waals surface area (Å²) in [7, 11) is 1.33. The van der Waals surface area contributed by atoms with Crippen LogP contribution in [0.4, 0.5) is 5.69 Å². The third-order valence-electron chi connectivity index (χ3n) is 2.63. The number of esters is 1. The van der Waals surface area contributed by atoms with Crippen LogP contribution in [0.15, 0.2) is 56.7 Å². The molecule has 0 aliphatic heterocycles. The Kier molecular flexibility index (Phi) is 4.98. The Morgan fingerprint density at radius 2 is 1.81 bits per heavy atom. The van der Waals surface area contributed by atoms with Gasteiger partial charge in [0.25, 0.3) is 5.69 Å². The second kappa shape index (κ2) is 6.73. The van der Waals surface area contributed by atoms with E-state index in [4.69, 9.17) is 0 Å². The van der Waals surface area contributed by atoms with E-state index in [2.05, 4.69) is 20.7 Å². The van der Waals surface area contributed by atoms with E-state index in [9.17, 15) is 14.9 Å². The highest BCUT2D eigenvalue weighted by Gasteiger charge is 2.13. The molecule has 0 spiro atoms. The van der Waals surface area contributed by atoms with Gasteiger partial charge in [0, 0.05) is 15.9 Å². The van der Waals surface area contributed by atoms with Gasteiger partial charge in [-0.1, -0.05) is 11.8 Å². The summed E-state index contributed by atoms with van der Waals surface area (Å²) in [6.07, 6.45) is 0. The molecule has 2 aromatic carbocycles. The Balaban J connectivity index is 2.20. The van der Waals surface area contributed by atoms with Crippen molar-refractivity contribution in [3.05, 3.63) is 62.6 Å². The van der Waals surface area contributed by atoms with E-state index in [-0.39, 0.29) is 5.69 Å². The Hall–Kier alpha value is -1.86. The predicted octanol–water partition coefficient (Wildman–Crippen LogP) is 4.30. The smallest absolute Gasteiger partial charge is 0.337 e. The molecule has 2 aromatic rings. The van der Waals surface area contributed by atoms with Crippen LogP contribution in [0.2, 0.25) is 0 Å². The second-order valence-corrected chi connectivity index (χ2v) is 5.99. The first-order valence-corrected chi connectivity index (χ1v) is 7.42. The average molecular weight is 368 g/mol. The molecule has 0 heterocycles. The summed E-state index contributed by atoms with van der Waals surface area (Å²) in [6.45, 7) is 0. The molecule has 21 heavy (non-hydrogen) atoms. The number of benzene rings is 2. The largest absolute Gasteiger partial charge is 0.465 e. The number of methoxy groups -OCH3 is 1. The topological polar surface area (TPSA) is 69.4 Å². The minimum atomic E-state index is -0.436. The summed E-state index contributed by atoms with van der Waals surface area (Å²) in [4.78, 5) is 23.4. The van der Waals surface area contributed by atoms with Gasteiger partial charge in [0.1, 0.15) is 0 Å². The van der Waals surface area contributed by atoms with Crippen LogP contribution in [0.1, 0.15) is 10.4 Å². The molecule has 0 amide bonds. The van der Waals surface area contributed by atoms with Crippen LogP contribution in [-0.2, 0) is 4.74 Å². The standard InChI is InChI=1S/C14H10BrNO4S/c1-20-14(17)9-2-4-10(5-3-9)21-11-6-7-12(15)13(8-11)16(18)19/h2-8H,1H3. The number of hydrogen-bond donors (Lipinski definition) is 0. The van der Waals surface area contributed by atoms with Crippen LogP contribution < -0.4 is 0 Å². The summed E-state index contributed by atoms with van der Waals surface area (Å²) >= 11 is 4.53. The van der Waals surface area contributed by atoms with Gasteiger partial charge in [-0.3, -0.25) is 10.1 Å². The number of hydrogen-bond acceptors (Lipinski definition) is 5. The summed E-state index contributed by atoms with van der Waals surface area (Å²) in [5, 5.41) is 10.9. The van der Waals surface area contributed by atoms with E-state index in [1.54, 1.807) is 36.4 Å². The third-order valence-corrected chi connectivity index (χ3v) is 4.29. The summed E-state index contributed by atoms with van der Waals surface area (Å²) < 4.78 is 5.07. The fourth-order valence-corrected chi connectivity index (χ4v) is 2.85. The zero-order valence-corrected chi connectivity index (χ0v) is 13.3. The number of nitro groups is 1. The van der Waals surface area contributed by atoms with Crippen molar-refractivity contribution in [2.75, 3.05) is 7.11 Å². The Morgan fingerprint density at radius 1 is 1.19 bits per heavy atom. The molecule has 0 bridgehead atoms. The average Bonchev–Trinajstić information content (AvgIpc) is 2.49. The van der Waals surface area contributed by atoms with Crippen molar-refractivity contribution in [2.45, 2.75) is 9.79 Å². The first-order chi connectivity index (χ1) is 10.0. The zero-order chi connectivity index (χ0) is 15.4. The van der Waals surface area contributed by atoms with Gasteiger partial charge in [-0.2, -0.15) is 0 Å². The highest BCUT2D eigenvalue weighted by atomic mass is 79.9. The van der Waals surface area contributed by atoms with Crippen LogP contribution in [0.5, 0.6) is 0 Å². The fraction of sp³-hybridized carbons (Fsp3) is 0.0714. The zero-order valence-electron chi connectivity index (χ0n) is 10.9. The Bertz CT molecular complexity index is 688. The van der Waals surface area contributed by atoms with Crippen molar-refractivity contribution < 1.29 is 14.5 Å². The number of nitro benzene ring substituents is 1. The van der Waals surface area contributed by atoms with Crippen LogP contribution in [0.25, 0.3) is 0 Å². The van der Waals surface area contributed by atoms with Gasteiger partial charge in [-0.05, 0) is 52.3 Å². The first-order valence-electron chi connectivity index (χ1n) is 5.81. The Labute approximate surface area is 133 Å². The van der Waals surface area contributed by atoms with Gasteiger partial charge >= 0.3 is 5.97 Å². The molecule has 0 radical (unpaired) electrons. The SMILES string of the molecule is COC(=O)c1ccc(Sc2ccc(Br)c([N+](=O)[O-])c2)cc1. The monoisotopic (exact) mass is 367 g/mol. The first kappa shape index (κ1) is 15.5. The van der Waals surface area contributed by atoms with Crippen molar-refractivity contribution in [3.8, 4) is 0 Å². The molecule has 0 aliphatic carbocycles. The lowest BCUT2D eigenvalue weighted by Crippen LogP contribution is -2.00. The molecule has 7 heteroatoms. The van der Waals surface area contributed by atoms with Gasteiger partial charge in [-0.15, -0.1) is 0 Å². The quantitative estimate of drug-likeness (QED) is 0.457. The molecule has 108 valence electrons. The predicted molar refractivity (Wildman–Crippen MR) is 82.7 cm³/mol. The van der Waals surface area contributed by atoms with Crippen molar-refractivity contribution in [1.29, 1.82) is 0 Å².